The Morgan fingerprint density at radius 1 is 1.13 bits per heavy atom. The molecule has 2 rings (SSSR count). The van der Waals surface area contributed by atoms with Crippen molar-refractivity contribution in [2.24, 2.45) is 0 Å². The van der Waals surface area contributed by atoms with Gasteiger partial charge < -0.3 is 0 Å². The second kappa shape index (κ2) is 3.77. The Balaban J connectivity index is 2.44. The Morgan fingerprint density at radius 3 is 2.27 bits per heavy atom. The predicted octanol–water partition coefficient (Wildman–Crippen LogP) is 2.41. The lowest BCUT2D eigenvalue weighted by Crippen LogP contribution is -2.28. The summed E-state index contributed by atoms with van der Waals surface area (Å²) in [4.78, 5) is 24.3. The van der Waals surface area contributed by atoms with Crippen molar-refractivity contribution in [2.75, 3.05) is 4.90 Å². The number of carbonyl (C=O) groups excluding carboxylic acids is 2. The number of nitrogens with zero attached hydrogens (tertiary/aromatic N) is 1. The van der Waals surface area contributed by atoms with Crippen molar-refractivity contribution < 1.29 is 9.59 Å². The summed E-state index contributed by atoms with van der Waals surface area (Å²) in [6.07, 6.45) is 0.648. The molecule has 0 saturated carbocycles. The number of aryl methyl sites for hydroxylation is 1. The Morgan fingerprint density at radius 2 is 1.73 bits per heavy atom. The summed E-state index contributed by atoms with van der Waals surface area (Å²) in [6.45, 7) is 1.93. The van der Waals surface area contributed by atoms with Gasteiger partial charge in [0.1, 0.15) is 0 Å². The van der Waals surface area contributed by atoms with Gasteiger partial charge in [-0.05, 0) is 30.7 Å². The molecule has 4 heteroatoms. The fourth-order valence-corrected chi connectivity index (χ4v) is 2.31. The van der Waals surface area contributed by atoms with Gasteiger partial charge in [0.2, 0.25) is 11.8 Å². The molecule has 1 aromatic carbocycles. The average Bonchev–Trinajstić information content (AvgIpc) is 2.44. The van der Waals surface area contributed by atoms with E-state index in [0.717, 1.165) is 10.0 Å². The molecular formula is C11H10BrNO2. The van der Waals surface area contributed by atoms with Gasteiger partial charge in [0.05, 0.1) is 5.69 Å². The van der Waals surface area contributed by atoms with Crippen LogP contribution in [0.1, 0.15) is 18.4 Å². The van der Waals surface area contributed by atoms with E-state index in [4.69, 9.17) is 0 Å². The topological polar surface area (TPSA) is 37.4 Å². The van der Waals surface area contributed by atoms with Crippen molar-refractivity contribution in [1.29, 1.82) is 0 Å². The quantitative estimate of drug-likeness (QED) is 0.733. The number of halogens is 1. The molecule has 1 heterocycles. The highest BCUT2D eigenvalue weighted by Crippen LogP contribution is 2.26. The molecule has 0 aromatic heterocycles. The third kappa shape index (κ3) is 1.95. The van der Waals surface area contributed by atoms with Crippen LogP contribution in [0.15, 0.2) is 22.7 Å². The lowest BCUT2D eigenvalue weighted by atomic mass is 10.2. The number of imide groups is 1. The first-order valence-electron chi connectivity index (χ1n) is 4.71. The van der Waals surface area contributed by atoms with Crippen molar-refractivity contribution in [3.05, 3.63) is 28.2 Å². The van der Waals surface area contributed by atoms with E-state index >= 15 is 0 Å². The van der Waals surface area contributed by atoms with Crippen LogP contribution in [0, 0.1) is 6.92 Å². The summed E-state index contributed by atoms with van der Waals surface area (Å²) < 4.78 is 0.880. The maximum atomic E-state index is 11.5. The van der Waals surface area contributed by atoms with Crippen LogP contribution in [0.25, 0.3) is 0 Å². The van der Waals surface area contributed by atoms with Crippen LogP contribution in [-0.4, -0.2) is 11.8 Å². The lowest BCUT2D eigenvalue weighted by Gasteiger charge is -2.14. The molecule has 1 aliphatic heterocycles. The molecular weight excluding hydrogens is 258 g/mol. The van der Waals surface area contributed by atoms with Crippen LogP contribution in [0.2, 0.25) is 0 Å². The third-order valence-corrected chi connectivity index (χ3v) is 2.79. The van der Waals surface area contributed by atoms with Crippen molar-refractivity contribution >= 4 is 33.4 Å². The minimum atomic E-state index is -0.113. The van der Waals surface area contributed by atoms with Gasteiger partial charge in [0.25, 0.3) is 0 Å². The lowest BCUT2D eigenvalue weighted by molar-refractivity contribution is -0.121. The van der Waals surface area contributed by atoms with Gasteiger partial charge in [-0.2, -0.15) is 0 Å². The van der Waals surface area contributed by atoms with E-state index in [0.29, 0.717) is 18.5 Å². The highest BCUT2D eigenvalue weighted by Gasteiger charge is 2.30. The van der Waals surface area contributed by atoms with E-state index in [-0.39, 0.29) is 11.8 Å². The summed E-state index contributed by atoms with van der Waals surface area (Å²) in [7, 11) is 0. The molecule has 3 nitrogen and oxygen atoms in total. The van der Waals surface area contributed by atoms with Gasteiger partial charge >= 0.3 is 0 Å². The zero-order chi connectivity index (χ0) is 11.0. The largest absolute Gasteiger partial charge is 0.274 e. The second-order valence-electron chi connectivity index (χ2n) is 3.61. The van der Waals surface area contributed by atoms with Crippen LogP contribution < -0.4 is 4.90 Å². The first-order chi connectivity index (χ1) is 7.08. The molecule has 78 valence electrons. The maximum absolute atomic E-state index is 11.5. The van der Waals surface area contributed by atoms with Gasteiger partial charge in [0, 0.05) is 17.3 Å². The second-order valence-corrected chi connectivity index (χ2v) is 4.53. The molecule has 0 radical (unpaired) electrons. The van der Waals surface area contributed by atoms with E-state index in [2.05, 4.69) is 15.9 Å². The van der Waals surface area contributed by atoms with E-state index in [9.17, 15) is 9.59 Å². The highest BCUT2D eigenvalue weighted by molar-refractivity contribution is 9.10. The molecule has 0 bridgehead atoms. The van der Waals surface area contributed by atoms with E-state index in [1.54, 1.807) is 6.07 Å². The summed E-state index contributed by atoms with van der Waals surface area (Å²) in [5.41, 5.74) is 1.68. The van der Waals surface area contributed by atoms with Gasteiger partial charge in [0.15, 0.2) is 0 Å². The highest BCUT2D eigenvalue weighted by atomic mass is 79.9. The molecule has 0 aliphatic carbocycles. The monoisotopic (exact) mass is 267 g/mol. The normalized spacial score (nSPS) is 16.3. The van der Waals surface area contributed by atoms with Gasteiger partial charge in [-0.3, -0.25) is 14.5 Å². The Hall–Kier alpha value is -1.16. The summed E-state index contributed by atoms with van der Waals surface area (Å²) in [5, 5.41) is 0. The summed E-state index contributed by atoms with van der Waals surface area (Å²) >= 11 is 3.35. The van der Waals surface area contributed by atoms with Crippen molar-refractivity contribution in [2.45, 2.75) is 19.8 Å². The number of anilines is 1. The number of amides is 2. The fraction of sp³-hybridized carbons (Fsp3) is 0.273. The van der Waals surface area contributed by atoms with Crippen molar-refractivity contribution in [1.82, 2.24) is 0 Å². The molecule has 2 amide bonds. The van der Waals surface area contributed by atoms with E-state index < -0.39 is 0 Å². The van der Waals surface area contributed by atoms with Crippen LogP contribution in [0.3, 0.4) is 0 Å². The van der Waals surface area contributed by atoms with E-state index in [1.165, 1.54) is 4.90 Å². The number of rotatable bonds is 1. The standard InChI is InChI=1S/C11H10BrNO2/c1-7-4-8(12)6-9(5-7)13-10(14)2-3-11(13)15/h4-6H,2-3H2,1H3. The first kappa shape index (κ1) is 10.4. The van der Waals surface area contributed by atoms with Gasteiger partial charge in [-0.25, -0.2) is 0 Å². The smallest absolute Gasteiger partial charge is 0.234 e. The number of hydrogen-bond acceptors (Lipinski definition) is 2. The maximum Gasteiger partial charge on any atom is 0.234 e. The number of benzene rings is 1. The van der Waals surface area contributed by atoms with Crippen LogP contribution in [-0.2, 0) is 9.59 Å². The third-order valence-electron chi connectivity index (χ3n) is 2.34. The van der Waals surface area contributed by atoms with Crippen LogP contribution in [0.4, 0.5) is 5.69 Å². The van der Waals surface area contributed by atoms with E-state index in [1.807, 2.05) is 19.1 Å². The average molecular weight is 268 g/mol. The first-order valence-corrected chi connectivity index (χ1v) is 5.50. The zero-order valence-corrected chi connectivity index (χ0v) is 9.87. The molecule has 1 aromatic rings. The molecule has 0 atom stereocenters. The Labute approximate surface area is 96.2 Å². The molecule has 0 N–H and O–H groups in total. The van der Waals surface area contributed by atoms with Crippen LogP contribution >= 0.6 is 15.9 Å². The summed E-state index contributed by atoms with van der Waals surface area (Å²) in [6, 6.07) is 5.56. The summed E-state index contributed by atoms with van der Waals surface area (Å²) in [5.74, 6) is -0.227. The molecule has 1 fully saturated rings. The van der Waals surface area contributed by atoms with Crippen LogP contribution in [0.5, 0.6) is 0 Å². The molecule has 0 unspecified atom stereocenters. The number of hydrogen-bond donors (Lipinski definition) is 0. The number of carbonyl (C=O) groups is 2. The predicted molar refractivity (Wildman–Crippen MR) is 60.6 cm³/mol. The van der Waals surface area contributed by atoms with Gasteiger partial charge in [-0.15, -0.1) is 0 Å². The molecule has 15 heavy (non-hydrogen) atoms. The molecule has 0 spiro atoms. The zero-order valence-electron chi connectivity index (χ0n) is 8.29. The molecule has 1 saturated heterocycles. The minimum Gasteiger partial charge on any atom is -0.274 e. The van der Waals surface area contributed by atoms with Gasteiger partial charge in [-0.1, -0.05) is 15.9 Å². The Bertz CT molecular complexity index is 406. The SMILES string of the molecule is Cc1cc(Br)cc(N2C(=O)CCC2=O)c1. The molecule has 1 aliphatic rings. The minimum absolute atomic E-state index is 0.113. The Kier molecular flexibility index (Phi) is 2.61. The van der Waals surface area contributed by atoms with Crippen molar-refractivity contribution in [3.8, 4) is 0 Å². The fourth-order valence-electron chi connectivity index (χ4n) is 1.71. The van der Waals surface area contributed by atoms with Crippen molar-refractivity contribution in [3.63, 3.8) is 0 Å².